The van der Waals surface area contributed by atoms with Crippen LogP contribution in [0.2, 0.25) is 0 Å². The number of ether oxygens (including phenoxy) is 2. The van der Waals surface area contributed by atoms with E-state index in [1.165, 1.54) is 0 Å². The van der Waals surface area contributed by atoms with Crippen molar-refractivity contribution in [2.24, 2.45) is 0 Å². The molecule has 2 rings (SSSR count). The molecule has 1 atom stereocenters. The van der Waals surface area contributed by atoms with Gasteiger partial charge >= 0.3 is 0 Å². The van der Waals surface area contributed by atoms with E-state index in [1.54, 1.807) is 24.1 Å². The highest BCUT2D eigenvalue weighted by molar-refractivity contribution is 5.88. The van der Waals surface area contributed by atoms with E-state index < -0.39 is 11.6 Å². The molecule has 0 saturated carbocycles. The molecule has 0 bridgehead atoms. The first-order chi connectivity index (χ1) is 14.6. The summed E-state index contributed by atoms with van der Waals surface area (Å²) in [5.74, 6) is 0.607. The van der Waals surface area contributed by atoms with Crippen molar-refractivity contribution in [1.29, 1.82) is 0 Å². The molecule has 6 heteroatoms. The smallest absolute Gasteiger partial charge is 0.261 e. The van der Waals surface area contributed by atoms with Crippen molar-refractivity contribution < 1.29 is 19.1 Å². The number of carbonyl (C=O) groups is 2. The van der Waals surface area contributed by atoms with E-state index in [0.717, 1.165) is 11.1 Å². The minimum atomic E-state index is -0.603. The van der Waals surface area contributed by atoms with Crippen LogP contribution in [0.3, 0.4) is 0 Å². The molecule has 2 aromatic carbocycles. The summed E-state index contributed by atoms with van der Waals surface area (Å²) in [6, 6.07) is 14.5. The average Bonchev–Trinajstić information content (AvgIpc) is 2.70. The molecule has 31 heavy (non-hydrogen) atoms. The number of para-hydroxylation sites is 2. The van der Waals surface area contributed by atoms with E-state index in [9.17, 15) is 9.59 Å². The van der Waals surface area contributed by atoms with E-state index in [-0.39, 0.29) is 18.4 Å². The van der Waals surface area contributed by atoms with Gasteiger partial charge in [0, 0.05) is 12.1 Å². The van der Waals surface area contributed by atoms with E-state index in [2.05, 4.69) is 5.32 Å². The number of nitrogens with one attached hydrogen (secondary N) is 1. The normalized spacial score (nSPS) is 12.1. The number of aryl methyl sites for hydroxylation is 1. The maximum Gasteiger partial charge on any atom is 0.261 e. The lowest BCUT2D eigenvalue weighted by atomic mass is 10.1. The van der Waals surface area contributed by atoms with Gasteiger partial charge in [0.15, 0.2) is 18.1 Å². The summed E-state index contributed by atoms with van der Waals surface area (Å²) in [6.45, 7) is 9.82. The molecule has 0 fully saturated rings. The van der Waals surface area contributed by atoms with Gasteiger partial charge in [0.05, 0.1) is 7.11 Å². The van der Waals surface area contributed by atoms with Crippen LogP contribution >= 0.6 is 0 Å². The number of hydrogen-bond acceptors (Lipinski definition) is 4. The Balaban J connectivity index is 2.26. The zero-order valence-electron chi connectivity index (χ0n) is 19.4. The highest BCUT2D eigenvalue weighted by Crippen LogP contribution is 2.26. The minimum absolute atomic E-state index is 0.173. The summed E-state index contributed by atoms with van der Waals surface area (Å²) >= 11 is 0. The fourth-order valence-electron chi connectivity index (χ4n) is 3.34. The second-order valence-electron chi connectivity index (χ2n) is 8.61. The van der Waals surface area contributed by atoms with Gasteiger partial charge < -0.3 is 19.7 Å². The molecule has 0 aromatic heterocycles. The Bertz CT molecular complexity index is 889. The van der Waals surface area contributed by atoms with Crippen LogP contribution in [0.15, 0.2) is 48.5 Å². The molecule has 0 heterocycles. The first-order valence-corrected chi connectivity index (χ1v) is 10.6. The molecule has 6 nitrogen and oxygen atoms in total. The number of hydrogen-bond donors (Lipinski definition) is 1. The number of rotatable bonds is 9. The molecule has 0 aliphatic heterocycles. The maximum absolute atomic E-state index is 13.3. The third kappa shape index (κ3) is 7.31. The fraction of sp³-hybridized carbons (Fsp3) is 0.440. The molecule has 168 valence electrons. The lowest BCUT2D eigenvalue weighted by Crippen LogP contribution is -2.54. The number of benzene rings is 2. The monoisotopic (exact) mass is 426 g/mol. The van der Waals surface area contributed by atoms with Crippen LogP contribution in [-0.2, 0) is 16.1 Å². The number of nitrogens with zero attached hydrogens (tertiary/aromatic N) is 1. The van der Waals surface area contributed by atoms with Gasteiger partial charge in [0.2, 0.25) is 5.91 Å². The Morgan fingerprint density at radius 2 is 1.74 bits per heavy atom. The molecule has 2 aromatic rings. The van der Waals surface area contributed by atoms with Crippen LogP contribution in [-0.4, -0.2) is 42.0 Å². The predicted molar refractivity (Wildman–Crippen MR) is 122 cm³/mol. The van der Waals surface area contributed by atoms with E-state index in [1.807, 2.05) is 71.0 Å². The van der Waals surface area contributed by atoms with Gasteiger partial charge in [-0.25, -0.2) is 0 Å². The third-order valence-electron chi connectivity index (χ3n) is 4.74. The molecule has 0 saturated heterocycles. The Morgan fingerprint density at radius 3 is 2.32 bits per heavy atom. The van der Waals surface area contributed by atoms with Crippen molar-refractivity contribution in [2.45, 2.75) is 59.2 Å². The van der Waals surface area contributed by atoms with Crippen LogP contribution < -0.4 is 14.8 Å². The van der Waals surface area contributed by atoms with Crippen LogP contribution in [0.5, 0.6) is 11.5 Å². The molecule has 0 aliphatic carbocycles. The Hall–Kier alpha value is -3.02. The third-order valence-corrected chi connectivity index (χ3v) is 4.74. The number of amides is 2. The van der Waals surface area contributed by atoms with Gasteiger partial charge in [-0.3, -0.25) is 9.59 Å². The van der Waals surface area contributed by atoms with Crippen molar-refractivity contribution in [2.75, 3.05) is 13.7 Å². The summed E-state index contributed by atoms with van der Waals surface area (Å²) in [6.07, 6.45) is 0.494. The summed E-state index contributed by atoms with van der Waals surface area (Å²) in [5, 5.41) is 3.00. The second-order valence-corrected chi connectivity index (χ2v) is 8.61. The molecular formula is C25H34N2O4. The molecule has 1 N–H and O–H groups in total. The number of carbonyl (C=O) groups excluding carboxylic acids is 2. The largest absolute Gasteiger partial charge is 0.493 e. The second kappa shape index (κ2) is 10.8. The van der Waals surface area contributed by atoms with Crippen LogP contribution in [0.25, 0.3) is 0 Å². The SMILES string of the molecule is CCC(C(=O)NC(C)(C)C)N(Cc1cccc(C)c1)C(=O)COc1ccccc1OC. The molecule has 0 spiro atoms. The summed E-state index contributed by atoms with van der Waals surface area (Å²) < 4.78 is 11.1. The molecule has 0 aliphatic rings. The summed E-state index contributed by atoms with van der Waals surface area (Å²) in [5.41, 5.74) is 1.67. The van der Waals surface area contributed by atoms with Gasteiger partial charge in [0.25, 0.3) is 5.91 Å². The van der Waals surface area contributed by atoms with Gasteiger partial charge in [-0.2, -0.15) is 0 Å². The van der Waals surface area contributed by atoms with E-state index in [0.29, 0.717) is 24.5 Å². The van der Waals surface area contributed by atoms with Crippen molar-refractivity contribution in [3.63, 3.8) is 0 Å². The summed E-state index contributed by atoms with van der Waals surface area (Å²) in [4.78, 5) is 27.9. The van der Waals surface area contributed by atoms with E-state index >= 15 is 0 Å². The molecule has 0 radical (unpaired) electrons. The van der Waals surface area contributed by atoms with E-state index in [4.69, 9.17) is 9.47 Å². The first-order valence-electron chi connectivity index (χ1n) is 10.6. The van der Waals surface area contributed by atoms with Gasteiger partial charge in [-0.1, -0.05) is 48.9 Å². The fourth-order valence-corrected chi connectivity index (χ4v) is 3.34. The van der Waals surface area contributed by atoms with Crippen LogP contribution in [0.1, 0.15) is 45.2 Å². The standard InChI is InChI=1S/C25H34N2O4/c1-7-20(24(29)26-25(3,4)5)27(16-19-12-10-11-18(2)15-19)23(28)17-31-22-14-9-8-13-21(22)30-6/h8-15,20H,7,16-17H2,1-6H3,(H,26,29). The highest BCUT2D eigenvalue weighted by atomic mass is 16.5. The van der Waals surface area contributed by atoms with Crippen molar-refractivity contribution in [3.8, 4) is 11.5 Å². The maximum atomic E-state index is 13.3. The number of methoxy groups -OCH3 is 1. The Labute approximate surface area is 185 Å². The highest BCUT2D eigenvalue weighted by Gasteiger charge is 2.31. The minimum Gasteiger partial charge on any atom is -0.493 e. The first kappa shape index (κ1) is 24.3. The zero-order chi connectivity index (χ0) is 23.0. The van der Waals surface area contributed by atoms with Crippen molar-refractivity contribution >= 4 is 11.8 Å². The predicted octanol–water partition coefficient (Wildman–Crippen LogP) is 4.10. The zero-order valence-corrected chi connectivity index (χ0v) is 19.4. The van der Waals surface area contributed by atoms with Crippen molar-refractivity contribution in [3.05, 3.63) is 59.7 Å². The lowest BCUT2D eigenvalue weighted by Gasteiger charge is -2.33. The van der Waals surface area contributed by atoms with Crippen LogP contribution in [0.4, 0.5) is 0 Å². The average molecular weight is 427 g/mol. The Kier molecular flexibility index (Phi) is 8.48. The van der Waals surface area contributed by atoms with Crippen LogP contribution in [0, 0.1) is 6.92 Å². The molecular weight excluding hydrogens is 392 g/mol. The molecule has 2 amide bonds. The van der Waals surface area contributed by atoms with Crippen molar-refractivity contribution in [1.82, 2.24) is 10.2 Å². The topological polar surface area (TPSA) is 67.9 Å². The van der Waals surface area contributed by atoms with Gasteiger partial charge in [0.1, 0.15) is 6.04 Å². The Morgan fingerprint density at radius 1 is 1.06 bits per heavy atom. The summed E-state index contributed by atoms with van der Waals surface area (Å²) in [7, 11) is 1.55. The van der Waals surface area contributed by atoms with Gasteiger partial charge in [-0.15, -0.1) is 0 Å². The van der Waals surface area contributed by atoms with Gasteiger partial charge in [-0.05, 0) is 51.8 Å². The quantitative estimate of drug-likeness (QED) is 0.655. The lowest BCUT2D eigenvalue weighted by molar-refractivity contribution is -0.143. The molecule has 1 unspecified atom stereocenters.